The van der Waals surface area contributed by atoms with Gasteiger partial charge in [0, 0.05) is 29.8 Å². The monoisotopic (exact) mass is 906 g/mol. The fourth-order valence-corrected chi connectivity index (χ4v) is 5.91. The Morgan fingerprint density at radius 3 is 0.815 bits per heavy atom. The van der Waals surface area contributed by atoms with Crippen LogP contribution in [0.3, 0.4) is 0 Å². The standard InChI is InChI=1S/C36H24B3Br3N6O6/c40-22-1-7-25(8-2-22)43-46-28-13-16-34(49)31(19-28)37-52-38(32-20-29(14-17-35(32)50)47-44-26-9-3-23(41)4-10-26)54-39(53-37)33-21-30(15-18-36(33)51)48-45-27-11-5-24(42)6-12-27/h1-21,49-51H/b46-43+,47-44+,48-45+. The van der Waals surface area contributed by atoms with E-state index in [4.69, 9.17) is 13.7 Å². The van der Waals surface area contributed by atoms with Crippen molar-refractivity contribution >= 4 is 120 Å². The summed E-state index contributed by atoms with van der Waals surface area (Å²) in [5.74, 6) is -0.487. The van der Waals surface area contributed by atoms with Crippen LogP contribution in [0.5, 0.6) is 17.2 Å². The van der Waals surface area contributed by atoms with Gasteiger partial charge in [0.05, 0.1) is 34.1 Å². The Morgan fingerprint density at radius 1 is 0.333 bits per heavy atom. The summed E-state index contributed by atoms with van der Waals surface area (Å²) in [6.45, 7) is 0. The Labute approximate surface area is 335 Å². The third kappa shape index (κ3) is 9.39. The van der Waals surface area contributed by atoms with Gasteiger partial charge in [0.2, 0.25) is 0 Å². The highest BCUT2D eigenvalue weighted by Gasteiger charge is 2.46. The highest BCUT2D eigenvalue weighted by molar-refractivity contribution is 9.11. The number of phenols is 3. The number of nitrogens with zero attached hydrogens (tertiary/aromatic N) is 6. The number of hydrogen-bond donors (Lipinski definition) is 3. The molecule has 1 aliphatic rings. The average Bonchev–Trinajstić information content (AvgIpc) is 3.18. The second-order valence-electron chi connectivity index (χ2n) is 11.7. The molecule has 12 nitrogen and oxygen atoms in total. The molecule has 0 aliphatic carbocycles. The van der Waals surface area contributed by atoms with E-state index in [9.17, 15) is 15.3 Å². The normalized spacial score (nSPS) is 13.5. The smallest absolute Gasteiger partial charge is 0.470 e. The molecule has 0 bridgehead atoms. The molecular weight excluding hydrogens is 885 g/mol. The van der Waals surface area contributed by atoms with E-state index in [0.717, 1.165) is 13.4 Å². The van der Waals surface area contributed by atoms with Gasteiger partial charge in [0.25, 0.3) is 0 Å². The van der Waals surface area contributed by atoms with Crippen molar-refractivity contribution in [1.82, 2.24) is 0 Å². The number of halogens is 3. The van der Waals surface area contributed by atoms with E-state index >= 15 is 0 Å². The minimum absolute atomic E-state index is 0.162. The second-order valence-corrected chi connectivity index (χ2v) is 14.4. The summed E-state index contributed by atoms with van der Waals surface area (Å²) < 4.78 is 21.5. The van der Waals surface area contributed by atoms with Crippen LogP contribution in [0.15, 0.2) is 171 Å². The van der Waals surface area contributed by atoms with Crippen molar-refractivity contribution in [2.24, 2.45) is 30.7 Å². The Balaban J connectivity index is 1.24. The summed E-state index contributed by atoms with van der Waals surface area (Å²) in [5.41, 5.74) is 3.62. The van der Waals surface area contributed by atoms with Crippen LogP contribution in [0.2, 0.25) is 0 Å². The number of rotatable bonds is 9. The number of benzene rings is 6. The van der Waals surface area contributed by atoms with Crippen molar-refractivity contribution < 1.29 is 29.0 Å². The van der Waals surface area contributed by atoms with Crippen molar-refractivity contribution in [3.05, 3.63) is 141 Å². The zero-order valence-corrected chi connectivity index (χ0v) is 32.5. The lowest BCUT2D eigenvalue weighted by atomic mass is 9.61. The van der Waals surface area contributed by atoms with Crippen LogP contribution in [0.1, 0.15) is 0 Å². The number of phenolic OH excluding ortho intramolecular Hbond substituents is 3. The molecule has 1 fully saturated rings. The van der Waals surface area contributed by atoms with E-state index in [0.29, 0.717) is 34.1 Å². The quantitative estimate of drug-likeness (QED) is 0.0967. The molecule has 1 aliphatic heterocycles. The number of azo groups is 3. The van der Waals surface area contributed by atoms with Crippen LogP contribution in [0, 0.1) is 0 Å². The lowest BCUT2D eigenvalue weighted by molar-refractivity contribution is 0.306. The molecule has 18 heteroatoms. The zero-order valence-electron chi connectivity index (χ0n) is 27.7. The summed E-state index contributed by atoms with van der Waals surface area (Å²) in [7, 11) is -3.88. The Kier molecular flexibility index (Phi) is 11.8. The number of aromatic hydroxyl groups is 3. The van der Waals surface area contributed by atoms with Crippen molar-refractivity contribution in [2.45, 2.75) is 0 Å². The highest BCUT2D eigenvalue weighted by Crippen LogP contribution is 2.28. The molecule has 3 N–H and O–H groups in total. The van der Waals surface area contributed by atoms with Crippen LogP contribution >= 0.6 is 47.8 Å². The largest absolute Gasteiger partial charge is 0.508 e. The fourth-order valence-electron chi connectivity index (χ4n) is 5.12. The molecule has 0 aromatic heterocycles. The lowest BCUT2D eigenvalue weighted by Gasteiger charge is -2.32. The molecule has 7 rings (SSSR count). The number of hydrogen-bond acceptors (Lipinski definition) is 12. The van der Waals surface area contributed by atoms with Gasteiger partial charge in [-0.1, -0.05) is 47.8 Å². The van der Waals surface area contributed by atoms with Crippen LogP contribution in [0.25, 0.3) is 0 Å². The van der Waals surface area contributed by atoms with Gasteiger partial charge in [-0.2, -0.15) is 30.7 Å². The van der Waals surface area contributed by atoms with Crippen LogP contribution in [-0.4, -0.2) is 36.7 Å². The maximum atomic E-state index is 11.1. The van der Waals surface area contributed by atoms with E-state index < -0.39 is 21.4 Å². The van der Waals surface area contributed by atoms with Crippen molar-refractivity contribution in [2.75, 3.05) is 0 Å². The second kappa shape index (κ2) is 17.0. The SMILES string of the molecule is Oc1ccc(/N=N/c2ccc(Br)cc2)cc1B1OB(c2cc(/N=N/c3ccc(Br)cc3)ccc2O)OB(c2cc(/N=N/c3ccc(Br)cc3)ccc2O)O1. The summed E-state index contributed by atoms with van der Waals surface area (Å²) in [4.78, 5) is 0. The molecule has 0 saturated carbocycles. The third-order valence-corrected chi connectivity index (χ3v) is 9.45. The highest BCUT2D eigenvalue weighted by atomic mass is 79.9. The maximum absolute atomic E-state index is 11.1. The van der Waals surface area contributed by atoms with Gasteiger partial charge in [-0.3, -0.25) is 0 Å². The van der Waals surface area contributed by atoms with Gasteiger partial charge in [-0.15, -0.1) is 0 Å². The molecule has 0 radical (unpaired) electrons. The summed E-state index contributed by atoms with van der Waals surface area (Å²) >= 11 is 10.2. The van der Waals surface area contributed by atoms with Gasteiger partial charge in [-0.05, 0) is 127 Å². The summed E-state index contributed by atoms with van der Waals surface area (Å²) in [6, 6.07) is 35.7. The Morgan fingerprint density at radius 2 is 0.556 bits per heavy atom. The van der Waals surface area contributed by atoms with Gasteiger partial charge in [0.1, 0.15) is 17.2 Å². The van der Waals surface area contributed by atoms with Crippen LogP contribution < -0.4 is 16.4 Å². The lowest BCUT2D eigenvalue weighted by Crippen LogP contribution is -2.61. The molecule has 54 heavy (non-hydrogen) atoms. The Bertz CT molecular complexity index is 2110. The molecule has 0 amide bonds. The molecule has 264 valence electrons. The predicted molar refractivity (Wildman–Crippen MR) is 219 cm³/mol. The van der Waals surface area contributed by atoms with E-state index in [2.05, 4.69) is 78.5 Å². The van der Waals surface area contributed by atoms with Crippen molar-refractivity contribution in [1.29, 1.82) is 0 Å². The topological polar surface area (TPSA) is 163 Å². The first-order valence-electron chi connectivity index (χ1n) is 16.1. The van der Waals surface area contributed by atoms with E-state index in [1.165, 1.54) is 18.2 Å². The van der Waals surface area contributed by atoms with Gasteiger partial charge in [0.15, 0.2) is 0 Å². The van der Waals surface area contributed by atoms with Gasteiger partial charge in [-0.25, -0.2) is 0 Å². The fraction of sp³-hybridized carbons (Fsp3) is 0. The van der Waals surface area contributed by atoms with Crippen molar-refractivity contribution in [3.63, 3.8) is 0 Å². The molecule has 0 unspecified atom stereocenters. The molecule has 6 aromatic carbocycles. The minimum atomic E-state index is -1.29. The summed E-state index contributed by atoms with van der Waals surface area (Å²) in [5, 5.41) is 59.1. The van der Waals surface area contributed by atoms with Crippen LogP contribution in [0.4, 0.5) is 34.1 Å². The average molecular weight is 909 g/mol. The predicted octanol–water partition coefficient (Wildman–Crippen LogP) is 9.89. The third-order valence-electron chi connectivity index (χ3n) is 7.86. The molecule has 0 spiro atoms. The molecule has 0 atom stereocenters. The van der Waals surface area contributed by atoms with E-state index in [1.807, 2.05) is 36.4 Å². The minimum Gasteiger partial charge on any atom is -0.508 e. The summed E-state index contributed by atoms with van der Waals surface area (Å²) in [6.07, 6.45) is 0. The van der Waals surface area contributed by atoms with Crippen LogP contribution in [-0.2, 0) is 13.7 Å². The first-order valence-corrected chi connectivity index (χ1v) is 18.5. The molecule has 1 saturated heterocycles. The first-order chi connectivity index (χ1) is 26.2. The molecular formula is C36H24B3Br3N6O6. The van der Waals surface area contributed by atoms with Gasteiger partial charge >= 0.3 is 21.4 Å². The molecule has 6 aromatic rings. The van der Waals surface area contributed by atoms with Gasteiger partial charge < -0.3 is 29.0 Å². The van der Waals surface area contributed by atoms with Crippen molar-refractivity contribution in [3.8, 4) is 17.2 Å². The van der Waals surface area contributed by atoms with E-state index in [-0.39, 0.29) is 33.6 Å². The first kappa shape index (κ1) is 37.4. The maximum Gasteiger partial charge on any atom is 0.470 e. The van der Waals surface area contributed by atoms with E-state index in [1.54, 1.807) is 72.8 Å². The zero-order chi connectivity index (χ0) is 37.6. The Hall–Kier alpha value is -4.97. The molecule has 1 heterocycles.